The number of esters is 2. The summed E-state index contributed by atoms with van der Waals surface area (Å²) in [6.07, 6.45) is 47.3. The van der Waals surface area contributed by atoms with Gasteiger partial charge in [-0.3, -0.25) is 14.2 Å². The lowest BCUT2D eigenvalue weighted by molar-refractivity contribution is -0.870. The summed E-state index contributed by atoms with van der Waals surface area (Å²) in [4.78, 5) is 37.5. The highest BCUT2D eigenvalue weighted by atomic mass is 31.2. The van der Waals surface area contributed by atoms with Crippen LogP contribution in [0.2, 0.25) is 0 Å². The van der Waals surface area contributed by atoms with Gasteiger partial charge in [0.25, 0.3) is 7.82 Å². The number of quaternary nitrogens is 1. The number of hydrogen-bond donors (Lipinski definition) is 0. The summed E-state index contributed by atoms with van der Waals surface area (Å²) in [5.41, 5.74) is 0. The van der Waals surface area contributed by atoms with Gasteiger partial charge in [0.2, 0.25) is 0 Å². The van der Waals surface area contributed by atoms with Gasteiger partial charge < -0.3 is 27.9 Å². The Balaban J connectivity index is 4.45. The van der Waals surface area contributed by atoms with Gasteiger partial charge in [-0.1, -0.05) is 165 Å². The van der Waals surface area contributed by atoms with Gasteiger partial charge in [0, 0.05) is 12.8 Å². The third-order valence-electron chi connectivity index (χ3n) is 9.82. The number of allylic oxidation sites excluding steroid dienone is 8. The van der Waals surface area contributed by atoms with Gasteiger partial charge in [0.15, 0.2) is 6.10 Å². The molecule has 0 aromatic rings. The van der Waals surface area contributed by atoms with Crippen LogP contribution in [0.4, 0.5) is 0 Å². The van der Waals surface area contributed by atoms with Crippen LogP contribution in [-0.4, -0.2) is 70.0 Å². The third kappa shape index (κ3) is 43.5. The Morgan fingerprint density at radius 2 is 0.931 bits per heavy atom. The first-order chi connectivity index (χ1) is 28.0. The van der Waals surface area contributed by atoms with E-state index in [4.69, 9.17) is 18.5 Å². The van der Waals surface area contributed by atoms with E-state index in [9.17, 15) is 19.0 Å². The first kappa shape index (κ1) is 56.0. The SMILES string of the molecule is CCCCCCCCCCC/C=C/C/C=C/CCCC(=O)OC[C@H](COP(=O)([O-])OCC[N+](C)(C)C)OC(=O)CCC/C=C/C/C=C/CCCCCCCCCCC. The second kappa shape index (κ2) is 40.4. The minimum absolute atomic E-state index is 0.0452. The van der Waals surface area contributed by atoms with Gasteiger partial charge in [-0.15, -0.1) is 0 Å². The molecule has 0 aromatic carbocycles. The van der Waals surface area contributed by atoms with Crippen molar-refractivity contribution in [3.05, 3.63) is 48.6 Å². The molecule has 2 atom stereocenters. The predicted octanol–water partition coefficient (Wildman–Crippen LogP) is 12.8. The Bertz CT molecular complexity index is 1130. The number of phosphoric ester groups is 1. The number of carbonyl (C=O) groups excluding carboxylic acids is 2. The van der Waals surface area contributed by atoms with Gasteiger partial charge in [0.1, 0.15) is 19.8 Å². The van der Waals surface area contributed by atoms with Crippen molar-refractivity contribution in [3.8, 4) is 0 Å². The molecule has 0 bridgehead atoms. The van der Waals surface area contributed by atoms with Crippen molar-refractivity contribution in [2.75, 3.05) is 47.5 Å². The van der Waals surface area contributed by atoms with Crippen LogP contribution >= 0.6 is 7.82 Å². The fraction of sp³-hybridized carbons (Fsp3) is 0.792. The van der Waals surface area contributed by atoms with Crippen LogP contribution in [0.25, 0.3) is 0 Å². The molecule has 9 nitrogen and oxygen atoms in total. The third-order valence-corrected chi connectivity index (χ3v) is 10.8. The second-order valence-corrected chi connectivity index (χ2v) is 18.2. The fourth-order valence-corrected chi connectivity index (χ4v) is 6.87. The number of nitrogens with zero attached hydrogens (tertiary/aromatic N) is 1. The molecule has 0 rings (SSSR count). The number of carbonyl (C=O) groups is 2. The zero-order valence-electron chi connectivity index (χ0n) is 38.0. The van der Waals surface area contributed by atoms with Crippen molar-refractivity contribution < 1.29 is 42.1 Å². The highest BCUT2D eigenvalue weighted by Crippen LogP contribution is 2.38. The van der Waals surface area contributed by atoms with Crippen LogP contribution < -0.4 is 4.89 Å². The normalized spacial score (nSPS) is 14.0. The number of ether oxygens (including phenoxy) is 2. The zero-order valence-corrected chi connectivity index (χ0v) is 38.9. The molecule has 1 unspecified atom stereocenters. The van der Waals surface area contributed by atoms with E-state index >= 15 is 0 Å². The van der Waals surface area contributed by atoms with Crippen LogP contribution in [0.15, 0.2) is 48.6 Å². The summed E-state index contributed by atoms with van der Waals surface area (Å²) in [7, 11) is 1.12. The average Bonchev–Trinajstić information content (AvgIpc) is 3.17. The summed E-state index contributed by atoms with van der Waals surface area (Å²) in [6, 6.07) is 0. The van der Waals surface area contributed by atoms with Gasteiger partial charge in [0.05, 0.1) is 27.7 Å². The Morgan fingerprint density at radius 3 is 1.36 bits per heavy atom. The summed E-state index contributed by atoms with van der Waals surface area (Å²) < 4.78 is 33.8. The van der Waals surface area contributed by atoms with Gasteiger partial charge in [-0.05, 0) is 64.2 Å². The average molecular weight is 838 g/mol. The summed E-state index contributed by atoms with van der Waals surface area (Å²) in [5, 5.41) is 0. The lowest BCUT2D eigenvalue weighted by Gasteiger charge is -2.28. The first-order valence-corrected chi connectivity index (χ1v) is 24.8. The molecule has 0 aliphatic carbocycles. The van der Waals surface area contributed by atoms with Crippen LogP contribution in [-0.2, 0) is 32.7 Å². The molecule has 0 fully saturated rings. The lowest BCUT2D eigenvalue weighted by atomic mass is 10.1. The minimum atomic E-state index is -4.65. The molecule has 0 N–H and O–H groups in total. The van der Waals surface area contributed by atoms with Crippen molar-refractivity contribution in [1.29, 1.82) is 0 Å². The fourth-order valence-electron chi connectivity index (χ4n) is 6.14. The molecule has 58 heavy (non-hydrogen) atoms. The molecule has 0 heterocycles. The Labute approximate surface area is 356 Å². The largest absolute Gasteiger partial charge is 0.756 e. The van der Waals surface area contributed by atoms with Crippen LogP contribution in [0.5, 0.6) is 0 Å². The van der Waals surface area contributed by atoms with E-state index in [1.54, 1.807) is 0 Å². The number of phosphoric acid groups is 1. The van der Waals surface area contributed by atoms with Crippen LogP contribution in [0.3, 0.4) is 0 Å². The molecule has 0 spiro atoms. The van der Waals surface area contributed by atoms with Crippen LogP contribution in [0, 0.1) is 0 Å². The van der Waals surface area contributed by atoms with E-state index in [1.807, 2.05) is 21.1 Å². The Hall–Kier alpha value is -2.03. The topological polar surface area (TPSA) is 111 Å². The second-order valence-electron chi connectivity index (χ2n) is 16.8. The van der Waals surface area contributed by atoms with E-state index in [2.05, 4.69) is 62.5 Å². The van der Waals surface area contributed by atoms with Gasteiger partial charge in [-0.2, -0.15) is 0 Å². The summed E-state index contributed by atoms with van der Waals surface area (Å²) >= 11 is 0. The molecular formula is C48H88NO8P. The quantitative estimate of drug-likeness (QED) is 0.0196. The van der Waals surface area contributed by atoms with E-state index in [-0.39, 0.29) is 26.1 Å². The molecule has 0 saturated carbocycles. The van der Waals surface area contributed by atoms with Crippen molar-refractivity contribution in [3.63, 3.8) is 0 Å². The maximum absolute atomic E-state index is 12.7. The smallest absolute Gasteiger partial charge is 0.306 e. The molecule has 0 amide bonds. The molecule has 0 saturated heterocycles. The zero-order chi connectivity index (χ0) is 42.8. The van der Waals surface area contributed by atoms with Gasteiger partial charge >= 0.3 is 11.9 Å². The molecular weight excluding hydrogens is 750 g/mol. The predicted molar refractivity (Wildman–Crippen MR) is 240 cm³/mol. The monoisotopic (exact) mass is 838 g/mol. The van der Waals surface area contributed by atoms with Crippen molar-refractivity contribution in [2.24, 2.45) is 0 Å². The van der Waals surface area contributed by atoms with Crippen molar-refractivity contribution in [2.45, 2.75) is 200 Å². The summed E-state index contributed by atoms with van der Waals surface area (Å²) in [5.74, 6) is -0.940. The Morgan fingerprint density at radius 1 is 0.534 bits per heavy atom. The number of rotatable bonds is 42. The lowest BCUT2D eigenvalue weighted by Crippen LogP contribution is -2.37. The number of hydrogen-bond acceptors (Lipinski definition) is 8. The van der Waals surface area contributed by atoms with Crippen molar-refractivity contribution in [1.82, 2.24) is 0 Å². The van der Waals surface area contributed by atoms with Crippen molar-refractivity contribution >= 4 is 19.8 Å². The van der Waals surface area contributed by atoms with E-state index in [0.29, 0.717) is 23.9 Å². The van der Waals surface area contributed by atoms with Crippen LogP contribution in [0.1, 0.15) is 194 Å². The van der Waals surface area contributed by atoms with Gasteiger partial charge in [-0.25, -0.2) is 0 Å². The first-order valence-electron chi connectivity index (χ1n) is 23.3. The molecule has 0 aliphatic rings. The maximum Gasteiger partial charge on any atom is 0.306 e. The minimum Gasteiger partial charge on any atom is -0.756 e. The molecule has 10 heteroatoms. The van der Waals surface area contributed by atoms with E-state index < -0.39 is 32.5 Å². The number of likely N-dealkylation sites (N-methyl/N-ethyl adjacent to an activating group) is 1. The highest BCUT2D eigenvalue weighted by Gasteiger charge is 2.21. The number of unbranched alkanes of at least 4 members (excludes halogenated alkanes) is 20. The molecule has 0 aliphatic heterocycles. The molecule has 338 valence electrons. The standard InChI is InChI=1S/C48H88NO8P/c1-6-8-10-12-14-16-18-20-22-24-26-28-30-32-34-36-38-40-47(50)54-44-46(45-56-58(52,53)55-43-42-49(3,4)5)57-48(51)41-39-37-35-33-31-29-27-25-23-21-19-17-15-13-11-9-7-2/h26-29,32-35,46H,6-25,30-31,36-45H2,1-5H3/b28-26+,29-27+,34-32+,35-33+/t46-/m1/s1. The van der Waals surface area contributed by atoms with E-state index in [0.717, 1.165) is 38.5 Å². The molecule has 0 aromatic heterocycles. The Kier molecular flexibility index (Phi) is 39.0. The molecule has 0 radical (unpaired) electrons. The van der Waals surface area contributed by atoms with E-state index in [1.165, 1.54) is 116 Å². The maximum atomic E-state index is 12.7. The highest BCUT2D eigenvalue weighted by molar-refractivity contribution is 7.45. The summed E-state index contributed by atoms with van der Waals surface area (Å²) in [6.45, 7) is 4.14.